The average Bonchev–Trinajstić information content (AvgIpc) is 2.72. The second kappa shape index (κ2) is 10.3. The van der Waals surface area contributed by atoms with Gasteiger partial charge in [0.1, 0.15) is 11.6 Å². The molecule has 0 aliphatic carbocycles. The first kappa shape index (κ1) is 22.6. The Morgan fingerprint density at radius 1 is 1.13 bits per heavy atom. The molecule has 5 N–H and O–H groups in total. The van der Waals surface area contributed by atoms with E-state index in [0.717, 1.165) is 23.1 Å². The lowest BCUT2D eigenvalue weighted by atomic mass is 10.0. The van der Waals surface area contributed by atoms with E-state index in [4.69, 9.17) is 17.3 Å². The molecule has 162 valence electrons. The van der Waals surface area contributed by atoms with Crippen LogP contribution >= 0.6 is 11.6 Å². The van der Waals surface area contributed by atoms with Crippen LogP contribution in [0.5, 0.6) is 5.75 Å². The molecule has 0 spiro atoms. The number of phenols is 1. The number of nitrogen functional groups attached to an aromatic ring is 1. The second-order valence-corrected chi connectivity index (χ2v) is 8.15. The maximum atomic E-state index is 12.6. The van der Waals surface area contributed by atoms with E-state index in [-0.39, 0.29) is 30.3 Å². The minimum Gasteiger partial charge on any atom is -0.508 e. The molecular formula is C24H27ClN4O2. The van der Waals surface area contributed by atoms with Crippen LogP contribution in [0.15, 0.2) is 60.8 Å². The standard InChI is InChI=1S/C24H27ClN4O2/c1-15(29-16(2)20-6-7-23(26)27-14-20)8-17-4-3-5-19(9-17)24(31)28-13-18-10-21(25)12-22(30)11-18/h3-7,9-12,14-16,29-30H,8,13H2,1-2H3,(H2,26,27)(H,28,31)/t15-,16-/m1/s1. The fraction of sp³-hybridized carbons (Fsp3) is 0.250. The van der Waals surface area contributed by atoms with Crippen molar-refractivity contribution >= 4 is 23.3 Å². The summed E-state index contributed by atoms with van der Waals surface area (Å²) in [5.74, 6) is 0.402. The van der Waals surface area contributed by atoms with Gasteiger partial charge < -0.3 is 21.5 Å². The van der Waals surface area contributed by atoms with Crippen LogP contribution in [0.25, 0.3) is 0 Å². The molecule has 1 heterocycles. The number of pyridine rings is 1. The predicted molar refractivity (Wildman–Crippen MR) is 124 cm³/mol. The van der Waals surface area contributed by atoms with Gasteiger partial charge in [0.25, 0.3) is 5.91 Å². The molecule has 1 amide bonds. The first-order valence-corrected chi connectivity index (χ1v) is 10.5. The summed E-state index contributed by atoms with van der Waals surface area (Å²) < 4.78 is 0. The van der Waals surface area contributed by atoms with Crippen molar-refractivity contribution in [2.45, 2.75) is 38.9 Å². The Morgan fingerprint density at radius 2 is 1.94 bits per heavy atom. The summed E-state index contributed by atoms with van der Waals surface area (Å²) in [5.41, 5.74) is 9.12. The van der Waals surface area contributed by atoms with Gasteiger partial charge in [0.2, 0.25) is 0 Å². The van der Waals surface area contributed by atoms with Crippen molar-refractivity contribution in [3.63, 3.8) is 0 Å². The molecule has 3 aromatic rings. The highest BCUT2D eigenvalue weighted by atomic mass is 35.5. The van der Waals surface area contributed by atoms with Gasteiger partial charge in [0.05, 0.1) is 0 Å². The zero-order chi connectivity index (χ0) is 22.4. The van der Waals surface area contributed by atoms with Crippen LogP contribution in [-0.2, 0) is 13.0 Å². The quantitative estimate of drug-likeness (QED) is 0.421. The number of aromatic nitrogens is 1. The molecule has 0 bridgehead atoms. The minimum absolute atomic E-state index is 0.0733. The lowest BCUT2D eigenvalue weighted by Crippen LogP contribution is -2.31. The molecule has 2 aromatic carbocycles. The molecule has 0 unspecified atom stereocenters. The number of phenolic OH excluding ortho intramolecular Hbond substituents is 1. The fourth-order valence-electron chi connectivity index (χ4n) is 3.47. The number of hydrogen-bond acceptors (Lipinski definition) is 5. The molecule has 31 heavy (non-hydrogen) atoms. The molecule has 2 atom stereocenters. The second-order valence-electron chi connectivity index (χ2n) is 7.71. The van der Waals surface area contributed by atoms with E-state index < -0.39 is 0 Å². The average molecular weight is 439 g/mol. The number of hydrogen-bond donors (Lipinski definition) is 4. The van der Waals surface area contributed by atoms with Gasteiger partial charge in [-0.25, -0.2) is 4.98 Å². The zero-order valence-corrected chi connectivity index (χ0v) is 18.4. The summed E-state index contributed by atoms with van der Waals surface area (Å²) in [6, 6.07) is 16.4. The smallest absolute Gasteiger partial charge is 0.251 e. The number of carbonyl (C=O) groups excluding carboxylic acids is 1. The lowest BCUT2D eigenvalue weighted by molar-refractivity contribution is 0.0950. The van der Waals surface area contributed by atoms with E-state index in [1.54, 1.807) is 30.5 Å². The number of nitrogens with one attached hydrogen (secondary N) is 2. The van der Waals surface area contributed by atoms with E-state index in [0.29, 0.717) is 16.4 Å². The number of nitrogens with zero attached hydrogens (tertiary/aromatic N) is 1. The Balaban J connectivity index is 1.57. The summed E-state index contributed by atoms with van der Waals surface area (Å²) in [7, 11) is 0. The molecule has 3 rings (SSSR count). The monoisotopic (exact) mass is 438 g/mol. The summed E-state index contributed by atoms with van der Waals surface area (Å²) in [4.78, 5) is 16.7. The van der Waals surface area contributed by atoms with Crippen molar-refractivity contribution in [1.82, 2.24) is 15.6 Å². The van der Waals surface area contributed by atoms with Crippen molar-refractivity contribution in [3.05, 3.63) is 88.1 Å². The Labute approximate surface area is 187 Å². The summed E-state index contributed by atoms with van der Waals surface area (Å²) in [5, 5.41) is 16.5. The maximum absolute atomic E-state index is 12.6. The van der Waals surface area contributed by atoms with Crippen molar-refractivity contribution in [2.24, 2.45) is 0 Å². The molecule has 1 aromatic heterocycles. The molecule has 7 heteroatoms. The van der Waals surface area contributed by atoms with Gasteiger partial charge in [-0.2, -0.15) is 0 Å². The third-order valence-corrected chi connectivity index (χ3v) is 5.19. The van der Waals surface area contributed by atoms with Gasteiger partial charge in [0.15, 0.2) is 0 Å². The molecule has 6 nitrogen and oxygen atoms in total. The third kappa shape index (κ3) is 6.70. The normalized spacial score (nSPS) is 12.9. The number of rotatable bonds is 8. The Bertz CT molecular complexity index is 1020. The van der Waals surface area contributed by atoms with Gasteiger partial charge in [-0.15, -0.1) is 0 Å². The molecule has 0 radical (unpaired) electrons. The highest BCUT2D eigenvalue weighted by Crippen LogP contribution is 2.20. The number of aromatic hydroxyl groups is 1. The van der Waals surface area contributed by atoms with E-state index in [1.165, 1.54) is 6.07 Å². The van der Waals surface area contributed by atoms with Crippen LogP contribution in [0.2, 0.25) is 5.02 Å². The fourth-order valence-corrected chi connectivity index (χ4v) is 3.72. The van der Waals surface area contributed by atoms with Crippen LogP contribution in [0.3, 0.4) is 0 Å². The maximum Gasteiger partial charge on any atom is 0.251 e. The number of nitrogens with two attached hydrogens (primary N) is 1. The SMILES string of the molecule is C[C@H](Cc1cccc(C(=O)NCc2cc(O)cc(Cl)c2)c1)N[C@H](C)c1ccc(N)nc1. The molecule has 0 aliphatic heterocycles. The van der Waals surface area contributed by atoms with Crippen LogP contribution in [0.1, 0.15) is 46.9 Å². The highest BCUT2D eigenvalue weighted by Gasteiger charge is 2.12. The highest BCUT2D eigenvalue weighted by molar-refractivity contribution is 6.30. The number of carbonyl (C=O) groups is 1. The Morgan fingerprint density at radius 3 is 2.65 bits per heavy atom. The van der Waals surface area contributed by atoms with Gasteiger partial charge in [-0.3, -0.25) is 4.79 Å². The van der Waals surface area contributed by atoms with Gasteiger partial charge in [-0.1, -0.05) is 29.8 Å². The Hall–Kier alpha value is -3.09. The molecule has 0 aliphatic rings. The van der Waals surface area contributed by atoms with Gasteiger partial charge in [0, 0.05) is 35.4 Å². The summed E-state index contributed by atoms with van der Waals surface area (Å²) >= 11 is 5.95. The van der Waals surface area contributed by atoms with Crippen molar-refractivity contribution in [1.29, 1.82) is 0 Å². The Kier molecular flexibility index (Phi) is 7.50. The van der Waals surface area contributed by atoms with Crippen LogP contribution in [0, 0.1) is 0 Å². The van der Waals surface area contributed by atoms with Crippen LogP contribution in [0.4, 0.5) is 5.82 Å². The van der Waals surface area contributed by atoms with Crippen LogP contribution < -0.4 is 16.4 Å². The third-order valence-electron chi connectivity index (χ3n) is 4.97. The van der Waals surface area contributed by atoms with Gasteiger partial charge in [-0.05, 0) is 73.4 Å². The van der Waals surface area contributed by atoms with E-state index in [1.807, 2.05) is 24.3 Å². The summed E-state index contributed by atoms with van der Waals surface area (Å²) in [6.45, 7) is 4.48. The zero-order valence-electron chi connectivity index (χ0n) is 17.6. The van der Waals surface area contributed by atoms with Gasteiger partial charge >= 0.3 is 0 Å². The molecule has 0 saturated carbocycles. The van der Waals surface area contributed by atoms with E-state index in [2.05, 4.69) is 29.5 Å². The summed E-state index contributed by atoms with van der Waals surface area (Å²) in [6.07, 6.45) is 2.56. The number of benzene rings is 2. The lowest BCUT2D eigenvalue weighted by Gasteiger charge is -2.20. The molecule has 0 fully saturated rings. The first-order valence-electron chi connectivity index (χ1n) is 10.1. The number of halogens is 1. The topological polar surface area (TPSA) is 100 Å². The van der Waals surface area contributed by atoms with E-state index in [9.17, 15) is 9.90 Å². The predicted octanol–water partition coefficient (Wildman–Crippen LogP) is 4.23. The largest absolute Gasteiger partial charge is 0.508 e. The number of anilines is 1. The van der Waals surface area contributed by atoms with Crippen molar-refractivity contribution in [2.75, 3.05) is 5.73 Å². The molecular weight excluding hydrogens is 412 g/mol. The van der Waals surface area contributed by atoms with E-state index >= 15 is 0 Å². The van der Waals surface area contributed by atoms with Crippen molar-refractivity contribution < 1.29 is 9.90 Å². The molecule has 0 saturated heterocycles. The number of amides is 1. The first-order chi connectivity index (χ1) is 14.8. The van der Waals surface area contributed by atoms with Crippen LogP contribution in [-0.4, -0.2) is 22.0 Å². The minimum atomic E-state index is -0.178. The van der Waals surface area contributed by atoms with Crippen molar-refractivity contribution in [3.8, 4) is 5.75 Å².